The van der Waals surface area contributed by atoms with E-state index < -0.39 is 105 Å². The van der Waals surface area contributed by atoms with Crippen LogP contribution in [0.4, 0.5) is 0 Å². The predicted octanol–water partition coefficient (Wildman–Crippen LogP) is -4.22. The summed E-state index contributed by atoms with van der Waals surface area (Å²) in [6.07, 6.45) is -17.7. The maximum absolute atomic E-state index is 12.1. The molecule has 0 amide bonds. The molecule has 4 unspecified atom stereocenters. The van der Waals surface area contributed by atoms with Crippen LogP contribution in [-0.2, 0) is 33.2 Å². The molecule has 0 saturated carbocycles. The van der Waals surface area contributed by atoms with E-state index in [4.69, 9.17) is 28.4 Å². The first-order valence-corrected chi connectivity index (χ1v) is 12.5. The number of hydrogen-bond acceptors (Lipinski definition) is 15. The largest absolute Gasteiger partial charge is 0.477 e. The van der Waals surface area contributed by atoms with Gasteiger partial charge in [0.2, 0.25) is 0 Å². The molecule has 15 nitrogen and oxygen atoms in total. The monoisotopic (exact) mass is 560 g/mol. The molecule has 0 aromatic carbocycles. The summed E-state index contributed by atoms with van der Waals surface area (Å²) in [5.41, 5.74) is 0. The zero-order chi connectivity index (χ0) is 27.5. The van der Waals surface area contributed by atoms with E-state index in [9.17, 15) is 45.6 Å². The second-order valence-corrected chi connectivity index (χ2v) is 9.76. The number of carboxylic acids is 1. The van der Waals surface area contributed by atoms with Gasteiger partial charge in [0.05, 0.1) is 32.5 Å². The molecule has 3 rings (SSSR count). The Morgan fingerprint density at radius 3 is 2.16 bits per heavy atom. The van der Waals surface area contributed by atoms with Crippen molar-refractivity contribution in [2.75, 3.05) is 32.2 Å². The topological polar surface area (TPSA) is 234 Å². The standard InChI is InChI=1S/C21H36O15S/c1-8-7-32-21(20(29)30,4-9(8)24)36-17-12(25)10(5-22)33-19(15(17)28)35-16-11(6-23)34-18(31-2-3-37)14(27)13(16)26/h8-19,22-28,37H,2-7H2,1H3,(H,29,30)/t8-,9+,10?,11?,12-,13+,14-,15-,16+,17-,18?,19?,21-/m0/s1. The van der Waals surface area contributed by atoms with Crippen LogP contribution in [0.3, 0.4) is 0 Å². The average Bonchev–Trinajstić information content (AvgIpc) is 2.87. The lowest BCUT2D eigenvalue weighted by atomic mass is 9.93. The van der Waals surface area contributed by atoms with Crippen LogP contribution in [0.5, 0.6) is 0 Å². The Hall–Kier alpha value is -0.700. The number of carboxylic acid groups (broad SMARTS) is 1. The third-order valence-corrected chi connectivity index (χ3v) is 6.86. The van der Waals surface area contributed by atoms with Gasteiger partial charge in [0.15, 0.2) is 12.6 Å². The highest BCUT2D eigenvalue weighted by molar-refractivity contribution is 7.80. The van der Waals surface area contributed by atoms with E-state index in [1.54, 1.807) is 6.92 Å². The van der Waals surface area contributed by atoms with Crippen LogP contribution in [-0.4, -0.2) is 152 Å². The van der Waals surface area contributed by atoms with Crippen molar-refractivity contribution in [1.82, 2.24) is 0 Å². The fourth-order valence-corrected chi connectivity index (χ4v) is 4.51. The van der Waals surface area contributed by atoms with Gasteiger partial charge in [0.1, 0.15) is 48.8 Å². The Kier molecular flexibility index (Phi) is 10.9. The molecular weight excluding hydrogens is 524 g/mol. The molecule has 16 heteroatoms. The zero-order valence-corrected chi connectivity index (χ0v) is 20.9. The van der Waals surface area contributed by atoms with Crippen LogP contribution >= 0.6 is 12.6 Å². The summed E-state index contributed by atoms with van der Waals surface area (Å²) in [6.45, 7) is 0.0173. The van der Waals surface area contributed by atoms with Crippen LogP contribution in [0.15, 0.2) is 0 Å². The summed E-state index contributed by atoms with van der Waals surface area (Å²) < 4.78 is 32.7. The Morgan fingerprint density at radius 1 is 0.946 bits per heavy atom. The minimum atomic E-state index is -2.44. The van der Waals surface area contributed by atoms with Crippen molar-refractivity contribution in [1.29, 1.82) is 0 Å². The number of aliphatic carboxylic acids is 1. The lowest BCUT2D eigenvalue weighted by Gasteiger charge is -2.48. The van der Waals surface area contributed by atoms with Gasteiger partial charge in [0, 0.05) is 18.1 Å². The molecule has 3 heterocycles. The molecule has 0 radical (unpaired) electrons. The van der Waals surface area contributed by atoms with Crippen molar-refractivity contribution in [3.63, 3.8) is 0 Å². The number of carbonyl (C=O) groups is 1. The maximum atomic E-state index is 12.1. The summed E-state index contributed by atoms with van der Waals surface area (Å²) in [5, 5.41) is 82.2. The molecule has 0 aliphatic carbocycles. The molecule has 0 bridgehead atoms. The lowest BCUT2D eigenvalue weighted by Crippen LogP contribution is -2.67. The van der Waals surface area contributed by atoms with E-state index in [0.29, 0.717) is 0 Å². The highest BCUT2D eigenvalue weighted by Gasteiger charge is 2.56. The summed E-state index contributed by atoms with van der Waals surface area (Å²) in [7, 11) is 0. The minimum absolute atomic E-state index is 0.0711. The molecule has 3 aliphatic rings. The van der Waals surface area contributed by atoms with Crippen LogP contribution < -0.4 is 0 Å². The van der Waals surface area contributed by atoms with Crippen molar-refractivity contribution in [3.05, 3.63) is 0 Å². The first kappa shape index (κ1) is 30.8. The fraction of sp³-hybridized carbons (Fsp3) is 0.952. The molecule has 0 aromatic heterocycles. The fourth-order valence-electron chi connectivity index (χ4n) is 4.40. The van der Waals surface area contributed by atoms with Crippen LogP contribution in [0.25, 0.3) is 0 Å². The summed E-state index contributed by atoms with van der Waals surface area (Å²) in [4.78, 5) is 12.1. The van der Waals surface area contributed by atoms with E-state index in [2.05, 4.69) is 12.6 Å². The predicted molar refractivity (Wildman–Crippen MR) is 121 cm³/mol. The molecule has 3 saturated heterocycles. The Balaban J connectivity index is 1.81. The number of thiol groups is 1. The molecule has 13 atom stereocenters. The van der Waals surface area contributed by atoms with Gasteiger partial charge in [-0.1, -0.05) is 6.92 Å². The second kappa shape index (κ2) is 13.1. The third-order valence-electron chi connectivity index (χ3n) is 6.67. The van der Waals surface area contributed by atoms with Gasteiger partial charge in [-0.05, 0) is 0 Å². The second-order valence-electron chi connectivity index (χ2n) is 9.31. The number of ether oxygens (including phenoxy) is 6. The van der Waals surface area contributed by atoms with Crippen molar-refractivity contribution in [2.45, 2.75) is 86.6 Å². The Labute approximate surface area is 217 Å². The molecule has 0 aromatic rings. The molecule has 3 fully saturated rings. The van der Waals surface area contributed by atoms with Gasteiger partial charge in [-0.25, -0.2) is 4.79 Å². The van der Waals surface area contributed by atoms with Crippen LogP contribution in [0.2, 0.25) is 0 Å². The minimum Gasteiger partial charge on any atom is -0.477 e. The zero-order valence-electron chi connectivity index (χ0n) is 20.1. The number of aliphatic hydroxyl groups is 7. The number of aliphatic hydroxyl groups excluding tert-OH is 7. The van der Waals surface area contributed by atoms with Crippen molar-refractivity contribution >= 4 is 18.6 Å². The van der Waals surface area contributed by atoms with Gasteiger partial charge in [0.25, 0.3) is 5.79 Å². The summed E-state index contributed by atoms with van der Waals surface area (Å²) >= 11 is 3.99. The quantitative estimate of drug-likeness (QED) is 0.115. The third kappa shape index (κ3) is 6.55. The van der Waals surface area contributed by atoms with Gasteiger partial charge in [-0.3, -0.25) is 0 Å². The van der Waals surface area contributed by atoms with E-state index in [1.165, 1.54) is 0 Å². The smallest absolute Gasteiger partial charge is 0.364 e. The average molecular weight is 561 g/mol. The highest BCUT2D eigenvalue weighted by atomic mass is 32.1. The van der Waals surface area contributed by atoms with Crippen molar-refractivity contribution in [2.24, 2.45) is 5.92 Å². The molecule has 37 heavy (non-hydrogen) atoms. The summed E-state index contributed by atoms with van der Waals surface area (Å²) in [5.74, 6) is -4.17. The number of hydrogen-bond donors (Lipinski definition) is 9. The van der Waals surface area contributed by atoms with Gasteiger partial charge < -0.3 is 69.3 Å². The normalized spacial score (nSPS) is 47.1. The van der Waals surface area contributed by atoms with E-state index in [0.717, 1.165) is 0 Å². The molecule has 8 N–H and O–H groups in total. The maximum Gasteiger partial charge on any atom is 0.364 e. The van der Waals surface area contributed by atoms with E-state index in [1.807, 2.05) is 0 Å². The molecule has 0 spiro atoms. The van der Waals surface area contributed by atoms with Gasteiger partial charge >= 0.3 is 5.97 Å². The van der Waals surface area contributed by atoms with E-state index >= 15 is 0 Å². The molecular formula is C21H36O15S. The van der Waals surface area contributed by atoms with Crippen molar-refractivity contribution in [3.8, 4) is 0 Å². The number of rotatable bonds is 10. The lowest BCUT2D eigenvalue weighted by molar-refractivity contribution is -0.380. The van der Waals surface area contributed by atoms with Crippen LogP contribution in [0.1, 0.15) is 13.3 Å². The van der Waals surface area contributed by atoms with E-state index in [-0.39, 0.29) is 19.0 Å². The first-order valence-electron chi connectivity index (χ1n) is 11.9. The SMILES string of the molecule is C[C@H]1CO[C@@](O[C@@H]2[C@H](O)C(O[C@@H]3C(CO)OC(OCCS)[C@@H](O)[C@H]3O)OC(CO)[C@@H]2O)(C(=O)O)C[C@H]1O. The Morgan fingerprint density at radius 2 is 1.59 bits per heavy atom. The van der Waals surface area contributed by atoms with Gasteiger partial charge in [-0.2, -0.15) is 12.6 Å². The van der Waals surface area contributed by atoms with Gasteiger partial charge in [-0.15, -0.1) is 0 Å². The highest BCUT2D eigenvalue weighted by Crippen LogP contribution is 2.36. The molecule has 216 valence electrons. The molecule has 3 aliphatic heterocycles. The first-order chi connectivity index (χ1) is 17.5. The summed E-state index contributed by atoms with van der Waals surface area (Å²) in [6, 6.07) is 0. The van der Waals surface area contributed by atoms with Crippen molar-refractivity contribution < 1.29 is 74.1 Å². The Bertz CT molecular complexity index is 745. The van der Waals surface area contributed by atoms with Crippen LogP contribution in [0, 0.1) is 5.92 Å².